The molecule has 0 saturated heterocycles. The van der Waals surface area contributed by atoms with Crippen LogP contribution in [0.25, 0.3) is 0 Å². The number of amides is 1. The van der Waals surface area contributed by atoms with Crippen LogP contribution in [0.5, 0.6) is 5.75 Å². The first-order valence-electron chi connectivity index (χ1n) is 9.45. The van der Waals surface area contributed by atoms with Crippen LogP contribution in [-0.4, -0.2) is 28.5 Å². The molecule has 162 valence electrons. The fraction of sp³-hybridized carbons (Fsp3) is 0.174. The highest BCUT2D eigenvalue weighted by atomic mass is 35.5. The Morgan fingerprint density at radius 2 is 1.74 bits per heavy atom. The highest BCUT2D eigenvalue weighted by Crippen LogP contribution is 2.31. The molecule has 0 unspecified atom stereocenters. The highest BCUT2D eigenvalue weighted by Gasteiger charge is 2.25. The van der Waals surface area contributed by atoms with E-state index in [1.54, 1.807) is 49.4 Å². The van der Waals surface area contributed by atoms with Crippen molar-refractivity contribution >= 4 is 38.9 Å². The zero-order valence-electron chi connectivity index (χ0n) is 17.6. The zero-order valence-corrected chi connectivity index (χ0v) is 19.2. The third kappa shape index (κ3) is 4.68. The van der Waals surface area contributed by atoms with E-state index in [0.717, 1.165) is 9.87 Å². The van der Waals surface area contributed by atoms with Crippen molar-refractivity contribution in [3.05, 3.63) is 82.4 Å². The first-order chi connectivity index (χ1) is 14.6. The molecule has 1 amide bonds. The van der Waals surface area contributed by atoms with Gasteiger partial charge in [0.15, 0.2) is 0 Å². The van der Waals surface area contributed by atoms with Crippen LogP contribution >= 0.6 is 11.6 Å². The molecular weight excluding hydrogens is 436 g/mol. The highest BCUT2D eigenvalue weighted by molar-refractivity contribution is 7.92. The summed E-state index contributed by atoms with van der Waals surface area (Å²) >= 11 is 6.21. The van der Waals surface area contributed by atoms with Crippen molar-refractivity contribution < 1.29 is 17.9 Å². The van der Waals surface area contributed by atoms with Crippen molar-refractivity contribution in [1.82, 2.24) is 0 Å². The fourth-order valence-corrected chi connectivity index (χ4v) is 4.61. The summed E-state index contributed by atoms with van der Waals surface area (Å²) in [4.78, 5) is 12.9. The predicted molar refractivity (Wildman–Crippen MR) is 124 cm³/mol. The van der Waals surface area contributed by atoms with Gasteiger partial charge in [0.25, 0.3) is 15.9 Å². The zero-order chi connectivity index (χ0) is 22.8. The Labute approximate surface area is 187 Å². The number of anilines is 2. The summed E-state index contributed by atoms with van der Waals surface area (Å²) in [7, 11) is -1.02. The standard InChI is InChI=1S/C23H23ClN2O4S/c1-15-9-12-20(19(24)13-15)25-23(27)18-14-17(11-10-16(18)2)31(28,29)26(3)21-7-5-6-8-22(21)30-4/h5-14H,1-4H3,(H,25,27). The lowest BCUT2D eigenvalue weighted by molar-refractivity contribution is 0.102. The SMILES string of the molecule is COc1ccccc1N(C)S(=O)(=O)c1ccc(C)c(C(=O)Nc2ccc(C)cc2Cl)c1. The Morgan fingerprint density at radius 1 is 1.03 bits per heavy atom. The van der Waals surface area contributed by atoms with Gasteiger partial charge in [-0.3, -0.25) is 9.10 Å². The molecular formula is C23H23ClN2O4S. The summed E-state index contributed by atoms with van der Waals surface area (Å²) in [5.74, 6) is -0.0205. The fourth-order valence-electron chi connectivity index (χ4n) is 3.09. The number of hydrogen-bond acceptors (Lipinski definition) is 4. The lowest BCUT2D eigenvalue weighted by Gasteiger charge is -2.22. The second kappa shape index (κ2) is 8.99. The molecule has 0 aliphatic rings. The first kappa shape index (κ1) is 22.7. The van der Waals surface area contributed by atoms with E-state index in [1.165, 1.54) is 26.3 Å². The van der Waals surface area contributed by atoms with E-state index in [1.807, 2.05) is 13.0 Å². The van der Waals surface area contributed by atoms with Gasteiger partial charge in [0.1, 0.15) is 5.75 Å². The van der Waals surface area contributed by atoms with Crippen LogP contribution in [0.15, 0.2) is 65.6 Å². The number of ether oxygens (including phenoxy) is 1. The molecule has 0 atom stereocenters. The maximum absolute atomic E-state index is 13.3. The molecule has 3 aromatic carbocycles. The van der Waals surface area contributed by atoms with Crippen LogP contribution in [0.3, 0.4) is 0 Å². The topological polar surface area (TPSA) is 75.7 Å². The lowest BCUT2D eigenvalue weighted by atomic mass is 10.1. The van der Waals surface area contributed by atoms with Gasteiger partial charge in [0, 0.05) is 12.6 Å². The van der Waals surface area contributed by atoms with Crippen molar-refractivity contribution in [2.24, 2.45) is 0 Å². The molecule has 8 heteroatoms. The normalized spacial score (nSPS) is 11.1. The molecule has 0 aromatic heterocycles. The number of aryl methyl sites for hydroxylation is 2. The van der Waals surface area contributed by atoms with Gasteiger partial charge in [-0.2, -0.15) is 0 Å². The largest absolute Gasteiger partial charge is 0.495 e. The maximum atomic E-state index is 13.3. The van der Waals surface area contributed by atoms with Crippen molar-refractivity contribution in [3.8, 4) is 5.75 Å². The minimum Gasteiger partial charge on any atom is -0.495 e. The number of nitrogens with zero attached hydrogens (tertiary/aromatic N) is 1. The van der Waals surface area contributed by atoms with Gasteiger partial charge in [-0.1, -0.05) is 35.9 Å². The Bertz CT molecular complexity index is 1240. The number of halogens is 1. The molecule has 31 heavy (non-hydrogen) atoms. The molecule has 6 nitrogen and oxygen atoms in total. The Balaban J connectivity index is 1.96. The number of para-hydroxylation sites is 2. The molecule has 1 N–H and O–H groups in total. The summed E-state index contributed by atoms with van der Waals surface area (Å²) in [6.07, 6.45) is 0. The van der Waals surface area contributed by atoms with Crippen molar-refractivity contribution in [2.75, 3.05) is 23.8 Å². The molecule has 0 heterocycles. The number of carbonyl (C=O) groups excluding carboxylic acids is 1. The Hall–Kier alpha value is -3.03. The molecule has 3 rings (SSSR count). The predicted octanol–water partition coefficient (Wildman–Crippen LogP) is 5.04. The molecule has 0 fully saturated rings. The van der Waals surface area contributed by atoms with E-state index in [0.29, 0.717) is 27.7 Å². The summed E-state index contributed by atoms with van der Waals surface area (Å²) in [6, 6.07) is 16.6. The van der Waals surface area contributed by atoms with Crippen LogP contribution in [-0.2, 0) is 10.0 Å². The summed E-state index contributed by atoms with van der Waals surface area (Å²) < 4.78 is 32.9. The first-order valence-corrected chi connectivity index (χ1v) is 11.3. The molecule has 0 saturated carbocycles. The van der Waals surface area contributed by atoms with Crippen molar-refractivity contribution in [2.45, 2.75) is 18.7 Å². The summed E-state index contributed by atoms with van der Waals surface area (Å²) in [6.45, 7) is 3.64. The van der Waals surface area contributed by atoms with E-state index in [4.69, 9.17) is 16.3 Å². The smallest absolute Gasteiger partial charge is 0.264 e. The van der Waals surface area contributed by atoms with Gasteiger partial charge in [0.2, 0.25) is 0 Å². The van der Waals surface area contributed by atoms with Gasteiger partial charge in [-0.15, -0.1) is 0 Å². The van der Waals surface area contributed by atoms with Crippen LogP contribution < -0.4 is 14.4 Å². The van der Waals surface area contributed by atoms with Crippen LogP contribution in [0, 0.1) is 13.8 Å². The summed E-state index contributed by atoms with van der Waals surface area (Å²) in [5.41, 5.74) is 2.69. The van der Waals surface area contributed by atoms with E-state index < -0.39 is 15.9 Å². The molecule has 0 bridgehead atoms. The van der Waals surface area contributed by atoms with Crippen LogP contribution in [0.4, 0.5) is 11.4 Å². The van der Waals surface area contributed by atoms with Crippen molar-refractivity contribution in [3.63, 3.8) is 0 Å². The van der Waals surface area contributed by atoms with Crippen LogP contribution in [0.1, 0.15) is 21.5 Å². The van der Waals surface area contributed by atoms with Gasteiger partial charge < -0.3 is 10.1 Å². The quantitative estimate of drug-likeness (QED) is 0.561. The van der Waals surface area contributed by atoms with Crippen LogP contribution in [0.2, 0.25) is 5.02 Å². The van der Waals surface area contributed by atoms with Gasteiger partial charge in [-0.25, -0.2) is 8.42 Å². The number of carbonyl (C=O) groups is 1. The molecule has 0 aliphatic carbocycles. The van der Waals surface area contributed by atoms with E-state index in [9.17, 15) is 13.2 Å². The van der Waals surface area contributed by atoms with Gasteiger partial charge in [-0.05, 0) is 61.4 Å². The monoisotopic (exact) mass is 458 g/mol. The van der Waals surface area contributed by atoms with E-state index in [-0.39, 0.29) is 10.5 Å². The third-order valence-corrected chi connectivity index (χ3v) is 6.99. The van der Waals surface area contributed by atoms with E-state index in [2.05, 4.69) is 5.32 Å². The molecule has 0 aliphatic heterocycles. The lowest BCUT2D eigenvalue weighted by Crippen LogP contribution is -2.27. The Kier molecular flexibility index (Phi) is 6.57. The molecule has 0 radical (unpaired) electrons. The van der Waals surface area contributed by atoms with E-state index >= 15 is 0 Å². The van der Waals surface area contributed by atoms with Gasteiger partial charge >= 0.3 is 0 Å². The minimum absolute atomic E-state index is 0.00772. The summed E-state index contributed by atoms with van der Waals surface area (Å²) in [5, 5.41) is 3.16. The number of nitrogens with one attached hydrogen (secondary N) is 1. The van der Waals surface area contributed by atoms with Gasteiger partial charge in [0.05, 0.1) is 28.4 Å². The Morgan fingerprint density at radius 3 is 2.42 bits per heavy atom. The maximum Gasteiger partial charge on any atom is 0.264 e. The average Bonchev–Trinajstić information content (AvgIpc) is 2.75. The molecule has 3 aromatic rings. The number of benzene rings is 3. The second-order valence-corrected chi connectivity index (χ2v) is 9.43. The number of methoxy groups -OCH3 is 1. The number of rotatable bonds is 6. The van der Waals surface area contributed by atoms with Crippen molar-refractivity contribution in [1.29, 1.82) is 0 Å². The average molecular weight is 459 g/mol. The number of hydrogen-bond donors (Lipinski definition) is 1. The third-order valence-electron chi connectivity index (χ3n) is 4.91. The molecule has 0 spiro atoms. The second-order valence-electron chi connectivity index (χ2n) is 7.06. The number of sulfonamides is 1. The minimum atomic E-state index is -3.94.